The summed E-state index contributed by atoms with van der Waals surface area (Å²) in [7, 11) is 4.09. The summed E-state index contributed by atoms with van der Waals surface area (Å²) in [6, 6.07) is 7.16. The van der Waals surface area contributed by atoms with Crippen molar-refractivity contribution in [2.24, 2.45) is 5.92 Å². The molecule has 0 unspecified atom stereocenters. The van der Waals surface area contributed by atoms with Crippen molar-refractivity contribution < 1.29 is 9.90 Å². The van der Waals surface area contributed by atoms with Crippen LogP contribution in [0.3, 0.4) is 0 Å². The smallest absolute Gasteiger partial charge is 0.335 e. The lowest BCUT2D eigenvalue weighted by molar-refractivity contribution is 0.0697. The molecular weight excluding hydrogens is 240 g/mol. The van der Waals surface area contributed by atoms with Gasteiger partial charge in [-0.3, -0.25) is 0 Å². The first kappa shape index (κ1) is 15.5. The second-order valence-corrected chi connectivity index (χ2v) is 5.50. The molecule has 0 saturated heterocycles. The Morgan fingerprint density at radius 2 is 1.95 bits per heavy atom. The van der Waals surface area contributed by atoms with E-state index in [-0.39, 0.29) is 0 Å². The number of hydrogen-bond donors (Lipinski definition) is 1. The fourth-order valence-electron chi connectivity index (χ4n) is 1.92. The molecule has 0 aromatic heterocycles. The van der Waals surface area contributed by atoms with Crippen molar-refractivity contribution in [3.8, 4) is 0 Å². The summed E-state index contributed by atoms with van der Waals surface area (Å²) in [5.41, 5.74) is 1.33. The molecule has 0 bridgehead atoms. The average Bonchev–Trinajstić information content (AvgIpc) is 2.34. The van der Waals surface area contributed by atoms with E-state index in [2.05, 4.69) is 23.6 Å². The molecule has 0 spiro atoms. The minimum absolute atomic E-state index is 0.344. The van der Waals surface area contributed by atoms with E-state index in [0.29, 0.717) is 11.5 Å². The number of carboxylic acids is 1. The third kappa shape index (κ3) is 5.30. The fourth-order valence-corrected chi connectivity index (χ4v) is 1.92. The molecule has 0 radical (unpaired) electrons. The zero-order valence-electron chi connectivity index (χ0n) is 12.3. The normalized spacial score (nSPS) is 11.1. The monoisotopic (exact) mass is 264 g/mol. The van der Waals surface area contributed by atoms with Gasteiger partial charge in [-0.2, -0.15) is 0 Å². The van der Waals surface area contributed by atoms with Crippen molar-refractivity contribution in [3.05, 3.63) is 29.8 Å². The van der Waals surface area contributed by atoms with E-state index in [1.165, 1.54) is 0 Å². The van der Waals surface area contributed by atoms with Crippen LogP contribution in [0.2, 0.25) is 0 Å². The summed E-state index contributed by atoms with van der Waals surface area (Å²) in [4.78, 5) is 15.4. The summed E-state index contributed by atoms with van der Waals surface area (Å²) in [6.45, 7) is 7.11. The van der Waals surface area contributed by atoms with E-state index in [1.807, 2.05) is 26.2 Å². The molecule has 0 aliphatic rings. The molecule has 0 atom stereocenters. The second kappa shape index (κ2) is 7.14. The molecule has 0 amide bonds. The van der Waals surface area contributed by atoms with Crippen molar-refractivity contribution in [1.82, 2.24) is 4.90 Å². The first-order valence-electron chi connectivity index (χ1n) is 6.63. The van der Waals surface area contributed by atoms with Gasteiger partial charge in [0.25, 0.3) is 0 Å². The number of aromatic carboxylic acids is 1. The first-order valence-corrected chi connectivity index (χ1v) is 6.63. The van der Waals surface area contributed by atoms with Crippen LogP contribution in [0.4, 0.5) is 5.69 Å². The van der Waals surface area contributed by atoms with Crippen molar-refractivity contribution in [2.45, 2.75) is 13.8 Å². The number of carbonyl (C=O) groups is 1. The fraction of sp³-hybridized carbons (Fsp3) is 0.533. The molecule has 0 heterocycles. The van der Waals surface area contributed by atoms with Gasteiger partial charge in [0.15, 0.2) is 0 Å². The van der Waals surface area contributed by atoms with Crippen molar-refractivity contribution in [1.29, 1.82) is 0 Å². The van der Waals surface area contributed by atoms with Gasteiger partial charge in [0.1, 0.15) is 0 Å². The summed E-state index contributed by atoms with van der Waals surface area (Å²) < 4.78 is 0. The molecule has 0 aliphatic heterocycles. The zero-order chi connectivity index (χ0) is 14.4. The number of nitrogens with zero attached hydrogens (tertiary/aromatic N) is 2. The van der Waals surface area contributed by atoms with Crippen molar-refractivity contribution >= 4 is 11.7 Å². The van der Waals surface area contributed by atoms with Crippen LogP contribution in [-0.4, -0.2) is 49.7 Å². The van der Waals surface area contributed by atoms with Gasteiger partial charge in [0.2, 0.25) is 0 Å². The number of likely N-dealkylation sites (N-methyl/N-ethyl adjacent to an activating group) is 1. The van der Waals surface area contributed by atoms with Crippen LogP contribution in [0.1, 0.15) is 24.2 Å². The van der Waals surface area contributed by atoms with Crippen LogP contribution in [0.5, 0.6) is 0 Å². The van der Waals surface area contributed by atoms with E-state index >= 15 is 0 Å². The van der Waals surface area contributed by atoms with Crippen LogP contribution in [0, 0.1) is 5.92 Å². The molecule has 0 fully saturated rings. The molecule has 1 N–H and O–H groups in total. The van der Waals surface area contributed by atoms with Gasteiger partial charge in [0, 0.05) is 25.3 Å². The van der Waals surface area contributed by atoms with Gasteiger partial charge in [0.05, 0.1) is 5.56 Å². The highest BCUT2D eigenvalue weighted by Crippen LogP contribution is 2.17. The number of carboxylic acid groups (broad SMARTS) is 1. The largest absolute Gasteiger partial charge is 0.478 e. The second-order valence-electron chi connectivity index (χ2n) is 5.50. The molecule has 1 aromatic rings. The Balaban J connectivity index is 2.89. The van der Waals surface area contributed by atoms with E-state index in [9.17, 15) is 4.79 Å². The highest BCUT2D eigenvalue weighted by molar-refractivity contribution is 5.88. The maximum Gasteiger partial charge on any atom is 0.335 e. The van der Waals surface area contributed by atoms with Gasteiger partial charge in [-0.15, -0.1) is 0 Å². The Kier molecular flexibility index (Phi) is 5.83. The maximum atomic E-state index is 11.0. The van der Waals surface area contributed by atoms with Gasteiger partial charge in [-0.25, -0.2) is 4.79 Å². The highest BCUT2D eigenvalue weighted by atomic mass is 16.4. The average molecular weight is 264 g/mol. The summed E-state index contributed by atoms with van der Waals surface area (Å²) in [6.07, 6.45) is 0. The van der Waals surface area contributed by atoms with Gasteiger partial charge in [-0.1, -0.05) is 19.9 Å². The third-order valence-corrected chi connectivity index (χ3v) is 2.86. The molecule has 1 aromatic carbocycles. The number of hydrogen-bond acceptors (Lipinski definition) is 3. The van der Waals surface area contributed by atoms with E-state index in [4.69, 9.17) is 5.11 Å². The minimum atomic E-state index is -0.876. The Labute approximate surface area is 115 Å². The van der Waals surface area contributed by atoms with Crippen LogP contribution < -0.4 is 4.90 Å². The van der Waals surface area contributed by atoms with Crippen LogP contribution in [0.25, 0.3) is 0 Å². The van der Waals surface area contributed by atoms with E-state index in [1.54, 1.807) is 12.1 Å². The maximum absolute atomic E-state index is 11.0. The SMILES string of the molecule is CC(C)CN(CCN(C)C)c1cccc(C(=O)O)c1. The van der Waals surface area contributed by atoms with E-state index < -0.39 is 5.97 Å². The van der Waals surface area contributed by atoms with Crippen molar-refractivity contribution in [3.63, 3.8) is 0 Å². The number of anilines is 1. The predicted octanol–water partition coefficient (Wildman–Crippen LogP) is 2.41. The molecule has 4 heteroatoms. The zero-order valence-corrected chi connectivity index (χ0v) is 12.3. The summed E-state index contributed by atoms with van der Waals surface area (Å²) in [5.74, 6) is -0.338. The Morgan fingerprint density at radius 3 is 2.47 bits per heavy atom. The minimum Gasteiger partial charge on any atom is -0.478 e. The molecule has 0 aliphatic carbocycles. The van der Waals surface area contributed by atoms with Gasteiger partial charge >= 0.3 is 5.97 Å². The van der Waals surface area contributed by atoms with Crippen molar-refractivity contribution in [2.75, 3.05) is 38.6 Å². The molecule has 0 saturated carbocycles. The highest BCUT2D eigenvalue weighted by Gasteiger charge is 2.11. The molecule has 106 valence electrons. The Morgan fingerprint density at radius 1 is 1.26 bits per heavy atom. The number of benzene rings is 1. The summed E-state index contributed by atoms with van der Waals surface area (Å²) in [5, 5.41) is 9.06. The van der Waals surface area contributed by atoms with E-state index in [0.717, 1.165) is 25.3 Å². The van der Waals surface area contributed by atoms with Crippen LogP contribution >= 0.6 is 0 Å². The third-order valence-electron chi connectivity index (χ3n) is 2.86. The topological polar surface area (TPSA) is 43.8 Å². The Hall–Kier alpha value is -1.55. The Bertz CT molecular complexity index is 416. The molecule has 1 rings (SSSR count). The first-order chi connectivity index (χ1) is 8.90. The van der Waals surface area contributed by atoms with Crippen LogP contribution in [0.15, 0.2) is 24.3 Å². The predicted molar refractivity (Wildman–Crippen MR) is 79.0 cm³/mol. The molecule has 19 heavy (non-hydrogen) atoms. The molecule has 4 nitrogen and oxygen atoms in total. The summed E-state index contributed by atoms with van der Waals surface area (Å²) >= 11 is 0. The lowest BCUT2D eigenvalue weighted by atomic mass is 10.1. The quantitative estimate of drug-likeness (QED) is 0.821. The lowest BCUT2D eigenvalue weighted by Gasteiger charge is -2.28. The standard InChI is InChI=1S/C15H24N2O2/c1-12(2)11-17(9-8-16(3)4)14-7-5-6-13(10-14)15(18)19/h5-7,10,12H,8-9,11H2,1-4H3,(H,18,19). The lowest BCUT2D eigenvalue weighted by Crippen LogP contribution is -2.34. The van der Waals surface area contributed by atoms with Gasteiger partial charge in [-0.05, 0) is 38.2 Å². The van der Waals surface area contributed by atoms with Gasteiger partial charge < -0.3 is 14.9 Å². The molecular formula is C15H24N2O2. The van der Waals surface area contributed by atoms with Crippen LogP contribution in [-0.2, 0) is 0 Å². The number of rotatable bonds is 7.